The molecule has 3 rings (SSSR count). The van der Waals surface area contributed by atoms with Gasteiger partial charge in [0, 0.05) is 17.6 Å². The van der Waals surface area contributed by atoms with E-state index in [-0.39, 0.29) is 12.1 Å². The Morgan fingerprint density at radius 3 is 3.00 bits per heavy atom. The molecule has 0 aliphatic carbocycles. The van der Waals surface area contributed by atoms with Crippen LogP contribution in [-0.4, -0.2) is 35.8 Å². The number of halogens is 1. The number of aromatic nitrogens is 1. The largest absolute Gasteiger partial charge is 0.444 e. The first-order valence-electron chi connectivity index (χ1n) is 7.61. The molecule has 1 N–H and O–H groups in total. The molecule has 1 aliphatic rings. The van der Waals surface area contributed by atoms with Gasteiger partial charge in [0.25, 0.3) is 6.01 Å². The molecule has 23 heavy (non-hydrogen) atoms. The first-order chi connectivity index (χ1) is 10.8. The molecule has 1 aliphatic heterocycles. The molecule has 0 unspecified atom stereocenters. The maximum absolute atomic E-state index is 11.8. The molecule has 7 heteroatoms. The van der Waals surface area contributed by atoms with E-state index in [4.69, 9.17) is 9.15 Å². The molecule has 2 heterocycles. The number of hydrogen-bond donors (Lipinski definition) is 1. The van der Waals surface area contributed by atoms with E-state index in [1.807, 2.05) is 43.9 Å². The summed E-state index contributed by atoms with van der Waals surface area (Å²) in [5.41, 5.74) is 1.08. The van der Waals surface area contributed by atoms with Crippen LogP contribution in [0.4, 0.5) is 10.8 Å². The van der Waals surface area contributed by atoms with Gasteiger partial charge >= 0.3 is 6.09 Å². The Morgan fingerprint density at radius 1 is 1.48 bits per heavy atom. The summed E-state index contributed by atoms with van der Waals surface area (Å²) in [6, 6.07) is 6.36. The van der Waals surface area contributed by atoms with E-state index >= 15 is 0 Å². The summed E-state index contributed by atoms with van der Waals surface area (Å²) in [6.45, 7) is 7.00. The Labute approximate surface area is 143 Å². The summed E-state index contributed by atoms with van der Waals surface area (Å²) in [4.78, 5) is 18.4. The van der Waals surface area contributed by atoms with Crippen molar-refractivity contribution >= 4 is 39.1 Å². The quantitative estimate of drug-likeness (QED) is 0.858. The third kappa shape index (κ3) is 3.96. The molecule has 0 bridgehead atoms. The third-order valence-corrected chi connectivity index (χ3v) is 4.01. The second-order valence-corrected chi connectivity index (χ2v) is 7.60. The van der Waals surface area contributed by atoms with E-state index in [0.29, 0.717) is 12.6 Å². The van der Waals surface area contributed by atoms with Crippen LogP contribution in [0.1, 0.15) is 27.2 Å². The molecule has 124 valence electrons. The van der Waals surface area contributed by atoms with Crippen LogP contribution < -0.4 is 10.2 Å². The lowest BCUT2D eigenvalue weighted by molar-refractivity contribution is 0.0509. The van der Waals surface area contributed by atoms with Gasteiger partial charge in [-0.3, -0.25) is 0 Å². The van der Waals surface area contributed by atoms with Crippen molar-refractivity contribution in [1.82, 2.24) is 10.3 Å². The van der Waals surface area contributed by atoms with Gasteiger partial charge < -0.3 is 19.4 Å². The Kier molecular flexibility index (Phi) is 4.23. The number of anilines is 1. The number of carbonyl (C=O) groups is 1. The van der Waals surface area contributed by atoms with Gasteiger partial charge in [-0.2, -0.15) is 4.98 Å². The second kappa shape index (κ2) is 6.03. The van der Waals surface area contributed by atoms with E-state index in [1.165, 1.54) is 0 Å². The highest BCUT2D eigenvalue weighted by Gasteiger charge is 2.28. The Hall–Kier alpha value is -1.76. The van der Waals surface area contributed by atoms with Crippen molar-refractivity contribution in [2.24, 2.45) is 0 Å². The van der Waals surface area contributed by atoms with Gasteiger partial charge in [0.15, 0.2) is 5.58 Å². The minimum absolute atomic E-state index is 0.0339. The van der Waals surface area contributed by atoms with Crippen molar-refractivity contribution in [1.29, 1.82) is 0 Å². The minimum Gasteiger partial charge on any atom is -0.444 e. The lowest BCUT2D eigenvalue weighted by Crippen LogP contribution is -2.40. The molecule has 1 aromatic carbocycles. The molecule has 1 amide bonds. The van der Waals surface area contributed by atoms with Crippen LogP contribution in [0.3, 0.4) is 0 Å². The first kappa shape index (κ1) is 16.1. The van der Waals surface area contributed by atoms with Crippen molar-refractivity contribution < 1.29 is 13.9 Å². The number of nitrogens with one attached hydrogen (secondary N) is 1. The topological polar surface area (TPSA) is 67.6 Å². The van der Waals surface area contributed by atoms with Crippen LogP contribution in [0.25, 0.3) is 11.1 Å². The van der Waals surface area contributed by atoms with Crippen molar-refractivity contribution in [2.45, 2.75) is 38.8 Å². The zero-order valence-corrected chi connectivity index (χ0v) is 15.0. The molecule has 6 nitrogen and oxygen atoms in total. The number of fused-ring (bicyclic) bond motifs is 1. The maximum Gasteiger partial charge on any atom is 0.407 e. The summed E-state index contributed by atoms with van der Waals surface area (Å²) >= 11 is 3.43. The molecule has 1 aromatic heterocycles. The number of oxazole rings is 1. The first-order valence-corrected chi connectivity index (χ1v) is 8.40. The monoisotopic (exact) mass is 381 g/mol. The van der Waals surface area contributed by atoms with E-state index in [0.717, 1.165) is 28.5 Å². The fraction of sp³-hybridized carbons (Fsp3) is 0.500. The summed E-state index contributed by atoms with van der Waals surface area (Å²) in [6.07, 6.45) is 0.452. The van der Waals surface area contributed by atoms with Gasteiger partial charge in [-0.25, -0.2) is 4.79 Å². The highest BCUT2D eigenvalue weighted by Crippen LogP contribution is 2.27. The Bertz CT molecular complexity index is 723. The van der Waals surface area contributed by atoms with E-state index < -0.39 is 5.60 Å². The smallest absolute Gasteiger partial charge is 0.407 e. The number of hydrogen-bond acceptors (Lipinski definition) is 5. The average Bonchev–Trinajstić information content (AvgIpc) is 3.01. The van der Waals surface area contributed by atoms with Crippen LogP contribution in [0.2, 0.25) is 0 Å². The molecule has 0 spiro atoms. The molecular formula is C16H20BrN3O3. The van der Waals surface area contributed by atoms with Crippen molar-refractivity contribution in [2.75, 3.05) is 18.0 Å². The average molecular weight is 382 g/mol. The number of benzene rings is 1. The highest BCUT2D eigenvalue weighted by molar-refractivity contribution is 9.10. The fourth-order valence-electron chi connectivity index (χ4n) is 2.55. The third-order valence-electron chi connectivity index (χ3n) is 3.52. The number of ether oxygens (including phenoxy) is 1. The normalized spacial score (nSPS) is 18.4. The molecule has 1 atom stereocenters. The summed E-state index contributed by atoms with van der Waals surface area (Å²) < 4.78 is 12.0. The SMILES string of the molecule is CC(C)(C)OC(=O)N[C@H]1CCN(c2nc3cc(Br)ccc3o2)C1. The Balaban J connectivity index is 1.63. The van der Waals surface area contributed by atoms with Crippen molar-refractivity contribution in [3.8, 4) is 0 Å². The van der Waals surface area contributed by atoms with Gasteiger partial charge in [0.2, 0.25) is 0 Å². The van der Waals surface area contributed by atoms with E-state index in [1.54, 1.807) is 0 Å². The molecular weight excluding hydrogens is 362 g/mol. The summed E-state index contributed by atoms with van der Waals surface area (Å²) in [5, 5.41) is 2.90. The zero-order chi connectivity index (χ0) is 16.6. The number of carbonyl (C=O) groups excluding carboxylic acids is 1. The number of rotatable bonds is 2. The lowest BCUT2D eigenvalue weighted by atomic mass is 10.2. The van der Waals surface area contributed by atoms with Gasteiger partial charge in [-0.1, -0.05) is 15.9 Å². The molecule has 1 fully saturated rings. The van der Waals surface area contributed by atoms with E-state index in [2.05, 4.69) is 26.2 Å². The number of nitrogens with zero attached hydrogens (tertiary/aromatic N) is 2. The molecule has 0 saturated carbocycles. The van der Waals surface area contributed by atoms with Crippen LogP contribution in [0, 0.1) is 0 Å². The van der Waals surface area contributed by atoms with E-state index in [9.17, 15) is 4.79 Å². The zero-order valence-electron chi connectivity index (χ0n) is 13.4. The second-order valence-electron chi connectivity index (χ2n) is 6.69. The summed E-state index contributed by atoms with van der Waals surface area (Å²) in [5.74, 6) is 0. The predicted molar refractivity (Wildman–Crippen MR) is 91.7 cm³/mol. The van der Waals surface area contributed by atoms with Gasteiger partial charge in [-0.15, -0.1) is 0 Å². The minimum atomic E-state index is -0.490. The van der Waals surface area contributed by atoms with Crippen molar-refractivity contribution in [3.63, 3.8) is 0 Å². The molecule has 2 aromatic rings. The number of amides is 1. The van der Waals surface area contributed by atoms with Crippen LogP contribution in [0.15, 0.2) is 27.1 Å². The summed E-state index contributed by atoms with van der Waals surface area (Å²) in [7, 11) is 0. The van der Waals surface area contributed by atoms with Gasteiger partial charge in [0.05, 0.1) is 6.04 Å². The molecule has 1 saturated heterocycles. The number of alkyl carbamates (subject to hydrolysis) is 1. The maximum atomic E-state index is 11.8. The highest BCUT2D eigenvalue weighted by atomic mass is 79.9. The fourth-order valence-corrected chi connectivity index (χ4v) is 2.90. The van der Waals surface area contributed by atoms with Gasteiger partial charge in [-0.05, 0) is 45.4 Å². The van der Waals surface area contributed by atoms with Crippen molar-refractivity contribution in [3.05, 3.63) is 22.7 Å². The predicted octanol–water partition coefficient (Wildman–Crippen LogP) is 3.69. The molecule has 0 radical (unpaired) electrons. The van der Waals surface area contributed by atoms with Crippen LogP contribution in [0.5, 0.6) is 0 Å². The van der Waals surface area contributed by atoms with Gasteiger partial charge in [0.1, 0.15) is 11.1 Å². The standard InChI is InChI=1S/C16H20BrN3O3/c1-16(2,3)23-15(21)18-11-6-7-20(9-11)14-19-12-8-10(17)4-5-13(12)22-14/h4-5,8,11H,6-7,9H2,1-3H3,(H,18,21)/t11-/m0/s1. The Morgan fingerprint density at radius 2 is 2.26 bits per heavy atom. The lowest BCUT2D eigenvalue weighted by Gasteiger charge is -2.21. The van der Waals surface area contributed by atoms with Crippen LogP contribution >= 0.6 is 15.9 Å². The van der Waals surface area contributed by atoms with Crippen LogP contribution in [-0.2, 0) is 4.74 Å².